The van der Waals surface area contributed by atoms with Gasteiger partial charge >= 0.3 is 6.03 Å². The van der Waals surface area contributed by atoms with Crippen molar-refractivity contribution in [2.75, 3.05) is 24.1 Å². The number of anilines is 2. The van der Waals surface area contributed by atoms with E-state index in [9.17, 15) is 18.0 Å². The Hall–Kier alpha value is -3.92. The number of aromatic nitrogens is 1. The minimum absolute atomic E-state index is 0.181. The Morgan fingerprint density at radius 1 is 1.03 bits per heavy atom. The molecule has 0 aliphatic rings. The van der Waals surface area contributed by atoms with E-state index in [1.165, 1.54) is 4.90 Å². The summed E-state index contributed by atoms with van der Waals surface area (Å²) in [6.45, 7) is 0.318. The van der Waals surface area contributed by atoms with Crippen molar-refractivity contribution in [3.05, 3.63) is 78.1 Å². The van der Waals surface area contributed by atoms with E-state index in [2.05, 4.69) is 20.3 Å². The largest absolute Gasteiger partial charge is 0.345 e. The molecule has 9 nitrogen and oxygen atoms in total. The number of nitrogens with one attached hydrogen (secondary N) is 3. The lowest BCUT2D eigenvalue weighted by atomic mass is 9.99. The highest BCUT2D eigenvalue weighted by Crippen LogP contribution is 2.33. The second-order valence-electron chi connectivity index (χ2n) is 7.05. The lowest BCUT2D eigenvalue weighted by Crippen LogP contribution is -2.28. The van der Waals surface area contributed by atoms with Gasteiger partial charge in [0, 0.05) is 44.3 Å². The van der Waals surface area contributed by atoms with Crippen LogP contribution in [0.1, 0.15) is 15.9 Å². The Morgan fingerprint density at radius 3 is 2.50 bits per heavy atom. The van der Waals surface area contributed by atoms with Crippen LogP contribution in [0.2, 0.25) is 0 Å². The number of pyridine rings is 1. The van der Waals surface area contributed by atoms with Gasteiger partial charge in [-0.1, -0.05) is 30.3 Å². The third kappa shape index (κ3) is 5.82. The van der Waals surface area contributed by atoms with Gasteiger partial charge in [-0.15, -0.1) is 0 Å². The van der Waals surface area contributed by atoms with Crippen molar-refractivity contribution in [1.82, 2.24) is 15.2 Å². The number of para-hydroxylation sites is 1. The SMILES string of the molecule is CN(C)C(=O)c1cccc(-c2cccc(NC(=O)NCc3cccnc3)c2)c1N[SH](=O)=O. The van der Waals surface area contributed by atoms with E-state index in [0.717, 1.165) is 5.56 Å². The maximum atomic E-state index is 12.6. The molecule has 1 aromatic heterocycles. The summed E-state index contributed by atoms with van der Waals surface area (Å²) in [7, 11) is 0.178. The van der Waals surface area contributed by atoms with Gasteiger partial charge < -0.3 is 15.5 Å². The normalized spacial score (nSPS) is 10.5. The highest BCUT2D eigenvalue weighted by atomic mass is 32.2. The highest BCUT2D eigenvalue weighted by molar-refractivity contribution is 7.73. The maximum absolute atomic E-state index is 12.6. The summed E-state index contributed by atoms with van der Waals surface area (Å²) in [6.07, 6.45) is 3.32. The van der Waals surface area contributed by atoms with Crippen molar-refractivity contribution in [3.63, 3.8) is 0 Å². The number of thiol groups is 1. The molecule has 0 saturated carbocycles. The van der Waals surface area contributed by atoms with E-state index in [1.54, 1.807) is 75.0 Å². The second-order valence-corrected chi connectivity index (χ2v) is 7.78. The summed E-state index contributed by atoms with van der Waals surface area (Å²) in [4.78, 5) is 30.2. The fraction of sp³-hybridized carbons (Fsp3) is 0.136. The number of carbonyl (C=O) groups excluding carboxylic acids is 2. The molecule has 0 unspecified atom stereocenters. The highest BCUT2D eigenvalue weighted by Gasteiger charge is 2.18. The molecule has 0 saturated heterocycles. The van der Waals surface area contributed by atoms with E-state index in [-0.39, 0.29) is 17.2 Å². The molecule has 3 aromatic rings. The van der Waals surface area contributed by atoms with Crippen LogP contribution in [0, 0.1) is 0 Å². The molecule has 10 heteroatoms. The number of urea groups is 1. The molecular weight excluding hydrogens is 430 g/mol. The van der Waals surface area contributed by atoms with Gasteiger partial charge in [0.25, 0.3) is 5.91 Å². The number of benzene rings is 2. The van der Waals surface area contributed by atoms with Gasteiger partial charge in [0.1, 0.15) is 0 Å². The molecule has 0 bridgehead atoms. The van der Waals surface area contributed by atoms with Crippen molar-refractivity contribution in [2.24, 2.45) is 0 Å². The number of carbonyl (C=O) groups is 2. The van der Waals surface area contributed by atoms with Gasteiger partial charge in [-0.3, -0.25) is 14.5 Å². The topological polar surface area (TPSA) is 120 Å². The van der Waals surface area contributed by atoms with E-state index in [1.807, 2.05) is 6.07 Å². The number of hydrogen-bond acceptors (Lipinski definition) is 5. The summed E-state index contributed by atoms with van der Waals surface area (Å²) in [5.74, 6) is -0.338. The predicted molar refractivity (Wildman–Crippen MR) is 124 cm³/mol. The molecule has 0 aliphatic carbocycles. The molecule has 0 aliphatic heterocycles. The fourth-order valence-corrected chi connectivity index (χ4v) is 3.47. The molecule has 2 aromatic carbocycles. The van der Waals surface area contributed by atoms with Crippen LogP contribution < -0.4 is 15.4 Å². The van der Waals surface area contributed by atoms with Gasteiger partial charge in [0.15, 0.2) is 0 Å². The molecule has 0 radical (unpaired) electrons. The molecule has 3 amide bonds. The minimum atomic E-state index is -3.00. The lowest BCUT2D eigenvalue weighted by Gasteiger charge is -2.17. The summed E-state index contributed by atoms with van der Waals surface area (Å²) < 4.78 is 25.2. The zero-order valence-corrected chi connectivity index (χ0v) is 18.4. The van der Waals surface area contributed by atoms with Crippen LogP contribution in [0.15, 0.2) is 67.0 Å². The second kappa shape index (κ2) is 10.4. The van der Waals surface area contributed by atoms with Crippen LogP contribution in [0.3, 0.4) is 0 Å². The average Bonchev–Trinajstić information content (AvgIpc) is 2.78. The molecule has 0 fully saturated rings. The number of amides is 3. The summed E-state index contributed by atoms with van der Waals surface area (Å²) >= 11 is 0. The predicted octanol–water partition coefficient (Wildman–Crippen LogP) is 2.71. The number of rotatable bonds is 7. The van der Waals surface area contributed by atoms with Crippen LogP contribution in [0.25, 0.3) is 11.1 Å². The molecule has 166 valence electrons. The van der Waals surface area contributed by atoms with Gasteiger partial charge in [-0.05, 0) is 35.4 Å². The van der Waals surface area contributed by atoms with Crippen LogP contribution in [0.5, 0.6) is 0 Å². The molecule has 3 rings (SSSR count). The zero-order valence-electron chi connectivity index (χ0n) is 17.5. The first-order valence-corrected chi connectivity index (χ1v) is 10.8. The molecule has 1 heterocycles. The lowest BCUT2D eigenvalue weighted by molar-refractivity contribution is 0.0828. The maximum Gasteiger partial charge on any atom is 0.319 e. The Bertz CT molecular complexity index is 1190. The van der Waals surface area contributed by atoms with Crippen molar-refractivity contribution in [3.8, 4) is 11.1 Å². The van der Waals surface area contributed by atoms with Crippen molar-refractivity contribution < 1.29 is 18.0 Å². The standard InChI is InChI=1S/C22H23N5O4S/c1-27(2)21(28)19-10-4-9-18(20(19)26-32(30)31)16-7-3-8-17(12-16)25-22(29)24-14-15-6-5-11-23-13-15/h3-13,32H,14H2,1-2H3,(H2,24,25,29)(H,26,30,31). The first kappa shape index (κ1) is 22.8. The van der Waals surface area contributed by atoms with E-state index in [0.29, 0.717) is 23.4 Å². The molecule has 0 atom stereocenters. The van der Waals surface area contributed by atoms with Gasteiger partial charge in [-0.25, -0.2) is 13.2 Å². The molecule has 3 N–H and O–H groups in total. The van der Waals surface area contributed by atoms with Gasteiger partial charge in [0.2, 0.25) is 10.9 Å². The van der Waals surface area contributed by atoms with Crippen molar-refractivity contribution >= 4 is 34.2 Å². The Labute approximate surface area is 187 Å². The summed E-state index contributed by atoms with van der Waals surface area (Å²) in [6, 6.07) is 15.1. The smallest absolute Gasteiger partial charge is 0.319 e. The Morgan fingerprint density at radius 2 is 1.81 bits per heavy atom. The van der Waals surface area contributed by atoms with E-state index >= 15 is 0 Å². The first-order valence-electron chi connectivity index (χ1n) is 9.65. The zero-order chi connectivity index (χ0) is 23.1. The van der Waals surface area contributed by atoms with Gasteiger partial charge in [0.05, 0.1) is 11.3 Å². The Kier molecular flexibility index (Phi) is 7.40. The monoisotopic (exact) mass is 453 g/mol. The van der Waals surface area contributed by atoms with Gasteiger partial charge in [-0.2, -0.15) is 0 Å². The molecule has 0 spiro atoms. The molecule has 32 heavy (non-hydrogen) atoms. The van der Waals surface area contributed by atoms with Crippen molar-refractivity contribution in [2.45, 2.75) is 6.54 Å². The van der Waals surface area contributed by atoms with Crippen LogP contribution in [-0.4, -0.2) is 44.3 Å². The van der Waals surface area contributed by atoms with Crippen molar-refractivity contribution in [1.29, 1.82) is 0 Å². The fourth-order valence-electron chi connectivity index (χ4n) is 3.05. The summed E-state index contributed by atoms with van der Waals surface area (Å²) in [5, 5.41) is 5.50. The van der Waals surface area contributed by atoms with Crippen LogP contribution in [-0.2, 0) is 17.4 Å². The summed E-state index contributed by atoms with van der Waals surface area (Å²) in [5.41, 5.74) is 2.91. The minimum Gasteiger partial charge on any atom is -0.345 e. The van der Waals surface area contributed by atoms with E-state index < -0.39 is 16.9 Å². The Balaban J connectivity index is 1.86. The number of nitrogens with zero attached hydrogens (tertiary/aromatic N) is 2. The van der Waals surface area contributed by atoms with E-state index in [4.69, 9.17) is 0 Å². The van der Waals surface area contributed by atoms with Crippen LogP contribution in [0.4, 0.5) is 16.2 Å². The van der Waals surface area contributed by atoms with Crippen LogP contribution >= 0.6 is 0 Å². The quantitative estimate of drug-likeness (QED) is 0.410. The number of hydrogen-bond donors (Lipinski definition) is 4. The third-order valence-electron chi connectivity index (χ3n) is 4.51. The third-order valence-corrected chi connectivity index (χ3v) is 4.92. The molecular formula is C22H23N5O4S. The average molecular weight is 454 g/mol. The first-order chi connectivity index (χ1) is 15.3.